The molecule has 0 aliphatic heterocycles. The molecule has 148 valence electrons. The second kappa shape index (κ2) is 9.51. The topological polar surface area (TPSA) is 58.6 Å². The maximum absolute atomic E-state index is 12.5. The highest BCUT2D eigenvalue weighted by Crippen LogP contribution is 2.36. The van der Waals surface area contributed by atoms with Crippen LogP contribution in [0.5, 0.6) is 0 Å². The van der Waals surface area contributed by atoms with Gasteiger partial charge in [0.15, 0.2) is 0 Å². The summed E-state index contributed by atoms with van der Waals surface area (Å²) in [6.07, 6.45) is 2.24. The van der Waals surface area contributed by atoms with Gasteiger partial charge in [-0.3, -0.25) is 14.5 Å². The molecule has 0 saturated carbocycles. The average Bonchev–Trinajstić information content (AvgIpc) is 3.13. The molecule has 0 spiro atoms. The fourth-order valence-electron chi connectivity index (χ4n) is 3.76. The van der Waals surface area contributed by atoms with E-state index in [1.807, 2.05) is 0 Å². The van der Waals surface area contributed by atoms with Crippen molar-refractivity contribution in [2.24, 2.45) is 0 Å². The van der Waals surface area contributed by atoms with E-state index >= 15 is 0 Å². The van der Waals surface area contributed by atoms with Crippen molar-refractivity contribution >= 4 is 11.9 Å². The van der Waals surface area contributed by atoms with Gasteiger partial charge in [0.05, 0.1) is 20.1 Å². The number of benzene rings is 2. The fraction of sp³-hybridized carbons (Fsp3) is 0.391. The molecule has 3 rings (SSSR count). The molecule has 1 aliphatic rings. The number of carbonyl (C=O) groups is 2. The zero-order valence-electron chi connectivity index (χ0n) is 16.6. The van der Waals surface area contributed by atoms with Crippen molar-refractivity contribution in [2.45, 2.75) is 38.8 Å². The highest BCUT2D eigenvalue weighted by molar-refractivity contribution is 5.79. The van der Waals surface area contributed by atoms with Crippen LogP contribution in [0.2, 0.25) is 0 Å². The van der Waals surface area contributed by atoms with Crippen LogP contribution >= 0.6 is 0 Å². The summed E-state index contributed by atoms with van der Waals surface area (Å²) in [5.41, 5.74) is 5.10. The van der Waals surface area contributed by atoms with Crippen molar-refractivity contribution in [3.63, 3.8) is 0 Å². The molecule has 5 nitrogen and oxygen atoms in total. The third-order valence-electron chi connectivity index (χ3n) is 5.27. The Hall–Kier alpha value is -2.66. The number of nitrogens with one attached hydrogen (secondary N) is 1. The van der Waals surface area contributed by atoms with Gasteiger partial charge in [-0.1, -0.05) is 54.1 Å². The summed E-state index contributed by atoms with van der Waals surface area (Å²) in [4.78, 5) is 26.0. The van der Waals surface area contributed by atoms with Crippen LogP contribution < -0.4 is 5.32 Å². The SMILES string of the molecule is COC(=O)CCNC(=O)CN(Cc1ccc(C)cc1)C1CCc2ccccc21. The molecule has 1 unspecified atom stereocenters. The van der Waals surface area contributed by atoms with Gasteiger partial charge < -0.3 is 10.1 Å². The van der Waals surface area contributed by atoms with Crippen LogP contribution in [0.25, 0.3) is 0 Å². The Morgan fingerprint density at radius 3 is 2.64 bits per heavy atom. The molecule has 0 saturated heterocycles. The maximum Gasteiger partial charge on any atom is 0.307 e. The van der Waals surface area contributed by atoms with Gasteiger partial charge in [0.1, 0.15) is 0 Å². The molecule has 1 atom stereocenters. The summed E-state index contributed by atoms with van der Waals surface area (Å²) in [5.74, 6) is -0.387. The highest BCUT2D eigenvalue weighted by Gasteiger charge is 2.29. The minimum Gasteiger partial charge on any atom is -0.469 e. The summed E-state index contributed by atoms with van der Waals surface area (Å²) < 4.78 is 4.62. The molecule has 2 aromatic rings. The highest BCUT2D eigenvalue weighted by atomic mass is 16.5. The van der Waals surface area contributed by atoms with Gasteiger partial charge >= 0.3 is 5.97 Å². The summed E-state index contributed by atoms with van der Waals surface area (Å²) in [6.45, 7) is 3.38. The number of ether oxygens (including phenoxy) is 1. The number of methoxy groups -OCH3 is 1. The van der Waals surface area contributed by atoms with E-state index in [0.717, 1.165) is 12.8 Å². The van der Waals surface area contributed by atoms with Gasteiger partial charge in [-0.05, 0) is 36.5 Å². The van der Waals surface area contributed by atoms with Crippen molar-refractivity contribution in [3.05, 3.63) is 70.8 Å². The van der Waals surface area contributed by atoms with Crippen LogP contribution in [0.15, 0.2) is 48.5 Å². The van der Waals surface area contributed by atoms with Crippen LogP contribution in [0.3, 0.4) is 0 Å². The molecule has 1 N–H and O–H groups in total. The van der Waals surface area contributed by atoms with Crippen molar-refractivity contribution < 1.29 is 14.3 Å². The van der Waals surface area contributed by atoms with Gasteiger partial charge in [-0.2, -0.15) is 0 Å². The number of esters is 1. The zero-order chi connectivity index (χ0) is 19.9. The van der Waals surface area contributed by atoms with Crippen LogP contribution in [0, 0.1) is 6.92 Å². The first-order valence-electron chi connectivity index (χ1n) is 9.77. The van der Waals surface area contributed by atoms with E-state index in [-0.39, 0.29) is 24.3 Å². The summed E-state index contributed by atoms with van der Waals surface area (Å²) in [6, 6.07) is 17.2. The predicted octanol–water partition coefficient (Wildman–Crippen LogP) is 3.16. The zero-order valence-corrected chi connectivity index (χ0v) is 16.6. The van der Waals surface area contributed by atoms with E-state index in [9.17, 15) is 9.59 Å². The smallest absolute Gasteiger partial charge is 0.307 e. The summed E-state index contributed by atoms with van der Waals surface area (Å²) in [7, 11) is 1.35. The lowest BCUT2D eigenvalue weighted by atomic mass is 10.1. The first kappa shape index (κ1) is 20.1. The number of aryl methyl sites for hydroxylation is 2. The summed E-state index contributed by atoms with van der Waals surface area (Å²) in [5, 5.41) is 2.84. The molecule has 2 aromatic carbocycles. The lowest BCUT2D eigenvalue weighted by Gasteiger charge is -2.29. The lowest BCUT2D eigenvalue weighted by Crippen LogP contribution is -2.39. The molecule has 0 heterocycles. The number of nitrogens with zero attached hydrogens (tertiary/aromatic N) is 1. The number of hydrogen-bond donors (Lipinski definition) is 1. The van der Waals surface area contributed by atoms with E-state index < -0.39 is 0 Å². The minimum atomic E-state index is -0.318. The van der Waals surface area contributed by atoms with Gasteiger partial charge in [0, 0.05) is 19.1 Å². The van der Waals surface area contributed by atoms with Crippen LogP contribution in [0.4, 0.5) is 0 Å². The predicted molar refractivity (Wildman–Crippen MR) is 109 cm³/mol. The number of fused-ring (bicyclic) bond motifs is 1. The van der Waals surface area contributed by atoms with Crippen LogP contribution in [0.1, 0.15) is 41.1 Å². The van der Waals surface area contributed by atoms with E-state index in [0.29, 0.717) is 19.6 Å². The molecule has 0 radical (unpaired) electrons. The normalized spacial score (nSPS) is 15.3. The molecular weight excluding hydrogens is 352 g/mol. The molecule has 5 heteroatoms. The Morgan fingerprint density at radius 1 is 1.14 bits per heavy atom. The second-order valence-electron chi connectivity index (χ2n) is 7.32. The monoisotopic (exact) mass is 380 g/mol. The summed E-state index contributed by atoms with van der Waals surface area (Å²) >= 11 is 0. The average molecular weight is 380 g/mol. The number of carbonyl (C=O) groups excluding carboxylic acids is 2. The standard InChI is InChI=1S/C23H28N2O3/c1-17-7-9-18(10-8-17)15-25(16-22(26)24-14-13-23(27)28-2)21-12-11-19-5-3-4-6-20(19)21/h3-10,21H,11-16H2,1-2H3,(H,24,26). The molecular formula is C23H28N2O3. The number of rotatable bonds is 8. The van der Waals surface area contributed by atoms with Gasteiger partial charge in [0.2, 0.25) is 5.91 Å². The van der Waals surface area contributed by atoms with Crippen LogP contribution in [-0.2, 0) is 27.3 Å². The first-order chi connectivity index (χ1) is 13.6. The molecule has 1 amide bonds. The van der Waals surface area contributed by atoms with Crippen molar-refractivity contribution in [2.75, 3.05) is 20.2 Å². The van der Waals surface area contributed by atoms with Gasteiger partial charge in [-0.25, -0.2) is 0 Å². The Labute approximate surface area is 166 Å². The first-order valence-corrected chi connectivity index (χ1v) is 9.77. The number of hydrogen-bond acceptors (Lipinski definition) is 4. The Kier molecular flexibility index (Phi) is 6.82. The van der Waals surface area contributed by atoms with Crippen molar-refractivity contribution in [1.82, 2.24) is 10.2 Å². The van der Waals surface area contributed by atoms with E-state index in [2.05, 4.69) is 70.4 Å². The van der Waals surface area contributed by atoms with E-state index in [1.165, 1.54) is 29.4 Å². The van der Waals surface area contributed by atoms with Gasteiger partial charge in [0.25, 0.3) is 0 Å². The largest absolute Gasteiger partial charge is 0.469 e. The molecule has 0 bridgehead atoms. The lowest BCUT2D eigenvalue weighted by molar-refractivity contribution is -0.140. The Morgan fingerprint density at radius 2 is 1.89 bits per heavy atom. The number of amides is 1. The second-order valence-corrected chi connectivity index (χ2v) is 7.32. The van der Waals surface area contributed by atoms with Crippen molar-refractivity contribution in [3.8, 4) is 0 Å². The molecule has 0 fully saturated rings. The van der Waals surface area contributed by atoms with Crippen LogP contribution in [-0.4, -0.2) is 37.0 Å². The van der Waals surface area contributed by atoms with Crippen molar-refractivity contribution in [1.29, 1.82) is 0 Å². The Balaban J connectivity index is 1.70. The maximum atomic E-state index is 12.5. The Bertz CT molecular complexity index is 817. The molecule has 1 aliphatic carbocycles. The van der Waals surface area contributed by atoms with Gasteiger partial charge in [-0.15, -0.1) is 0 Å². The quantitative estimate of drug-likeness (QED) is 0.715. The fourth-order valence-corrected chi connectivity index (χ4v) is 3.76. The third kappa shape index (κ3) is 5.20. The third-order valence-corrected chi connectivity index (χ3v) is 5.27. The van der Waals surface area contributed by atoms with E-state index in [4.69, 9.17) is 0 Å². The molecule has 28 heavy (non-hydrogen) atoms. The minimum absolute atomic E-state index is 0.0691. The molecule has 0 aromatic heterocycles. The van der Waals surface area contributed by atoms with E-state index in [1.54, 1.807) is 0 Å².